The lowest BCUT2D eigenvalue weighted by molar-refractivity contribution is 0.0793. The van der Waals surface area contributed by atoms with Gasteiger partial charge in [0.25, 0.3) is 5.91 Å². The number of aromatic amines is 1. The summed E-state index contributed by atoms with van der Waals surface area (Å²) in [5.41, 5.74) is 4.77. The van der Waals surface area contributed by atoms with Gasteiger partial charge in [-0.2, -0.15) is 0 Å². The van der Waals surface area contributed by atoms with Crippen molar-refractivity contribution in [2.45, 2.75) is 12.6 Å². The summed E-state index contributed by atoms with van der Waals surface area (Å²) in [5.74, 6) is 0.168. The van der Waals surface area contributed by atoms with Gasteiger partial charge in [0.15, 0.2) is 0 Å². The van der Waals surface area contributed by atoms with Gasteiger partial charge in [-0.05, 0) is 43.9 Å². The molecule has 0 aliphatic carbocycles. The molecule has 25 heavy (non-hydrogen) atoms. The number of para-hydroxylation sites is 1. The number of amides is 1. The average Bonchev–Trinajstić information content (AvgIpc) is 3.02. The molecule has 1 aliphatic rings. The van der Waals surface area contributed by atoms with Gasteiger partial charge >= 0.3 is 0 Å². The van der Waals surface area contributed by atoms with E-state index in [0.29, 0.717) is 5.56 Å². The van der Waals surface area contributed by atoms with E-state index in [4.69, 9.17) is 0 Å². The molecule has 4 rings (SSSR count). The predicted molar refractivity (Wildman–Crippen MR) is 97.7 cm³/mol. The van der Waals surface area contributed by atoms with Crippen molar-refractivity contribution in [3.8, 4) is 5.75 Å². The van der Waals surface area contributed by atoms with Crippen LogP contribution in [0.15, 0.2) is 42.5 Å². The number of aromatic hydroxyl groups is 1. The number of carbonyl (C=O) groups is 1. The fourth-order valence-electron chi connectivity index (χ4n) is 3.81. The number of hydrogen-bond donors (Lipinski definition) is 2. The first-order valence-electron chi connectivity index (χ1n) is 8.31. The van der Waals surface area contributed by atoms with E-state index in [1.165, 1.54) is 0 Å². The van der Waals surface area contributed by atoms with Crippen molar-refractivity contribution in [1.29, 1.82) is 0 Å². The van der Waals surface area contributed by atoms with Gasteiger partial charge in [0.05, 0.1) is 6.04 Å². The number of fused-ring (bicyclic) bond motifs is 2. The normalized spacial score (nSPS) is 16.9. The molecule has 3 aromatic rings. The van der Waals surface area contributed by atoms with Gasteiger partial charge in [0.1, 0.15) is 5.75 Å². The molecule has 0 radical (unpaired) electrons. The molecule has 1 atom stereocenters. The van der Waals surface area contributed by atoms with Gasteiger partial charge in [-0.3, -0.25) is 4.79 Å². The second-order valence-corrected chi connectivity index (χ2v) is 6.89. The smallest absolute Gasteiger partial charge is 0.254 e. The summed E-state index contributed by atoms with van der Waals surface area (Å²) in [6, 6.07) is 12.9. The van der Waals surface area contributed by atoms with Gasteiger partial charge in [-0.25, -0.2) is 0 Å². The van der Waals surface area contributed by atoms with Gasteiger partial charge in [-0.15, -0.1) is 0 Å². The molecular formula is C20H21N3O2. The van der Waals surface area contributed by atoms with E-state index in [-0.39, 0.29) is 17.7 Å². The van der Waals surface area contributed by atoms with E-state index in [2.05, 4.69) is 22.0 Å². The molecule has 128 valence electrons. The second kappa shape index (κ2) is 5.63. The molecule has 5 nitrogen and oxygen atoms in total. The molecule has 2 aromatic carbocycles. The number of phenolic OH excluding ortho intramolecular Hbond substituents is 1. The van der Waals surface area contributed by atoms with Crippen LogP contribution in [0.4, 0.5) is 0 Å². The van der Waals surface area contributed by atoms with Crippen LogP contribution in [0.2, 0.25) is 0 Å². The first-order chi connectivity index (χ1) is 12.0. The highest BCUT2D eigenvalue weighted by Crippen LogP contribution is 2.43. The number of hydrogen-bond acceptors (Lipinski definition) is 3. The Labute approximate surface area is 146 Å². The van der Waals surface area contributed by atoms with Crippen molar-refractivity contribution in [1.82, 2.24) is 14.8 Å². The third-order valence-corrected chi connectivity index (χ3v) is 4.84. The molecule has 0 fully saturated rings. The van der Waals surface area contributed by atoms with Crippen molar-refractivity contribution < 1.29 is 9.90 Å². The maximum absolute atomic E-state index is 12.7. The average molecular weight is 335 g/mol. The molecule has 1 amide bonds. The van der Waals surface area contributed by atoms with E-state index in [9.17, 15) is 9.90 Å². The molecule has 2 heterocycles. The summed E-state index contributed by atoms with van der Waals surface area (Å²) in [6.45, 7) is 0.747. The molecule has 0 unspecified atom stereocenters. The molecule has 1 aromatic heterocycles. The van der Waals surface area contributed by atoms with Gasteiger partial charge < -0.3 is 19.9 Å². The number of nitrogens with zero attached hydrogens (tertiary/aromatic N) is 2. The molecule has 0 spiro atoms. The summed E-state index contributed by atoms with van der Waals surface area (Å²) in [4.78, 5) is 20.1. The summed E-state index contributed by atoms with van der Waals surface area (Å²) < 4.78 is 0. The van der Waals surface area contributed by atoms with Crippen LogP contribution in [0.5, 0.6) is 5.75 Å². The standard InChI is InChI=1S/C20H21N3O2/c1-22(2)11-17-18(14-6-4-5-7-16(14)21-17)19-15-10-12(24)8-9-13(15)20(25)23(19)3/h4-10,19,21,24H,11H2,1-3H3/t19-/m1/s1. The molecular weight excluding hydrogens is 314 g/mol. The third-order valence-electron chi connectivity index (χ3n) is 4.84. The van der Waals surface area contributed by atoms with Crippen molar-refractivity contribution in [3.63, 3.8) is 0 Å². The van der Waals surface area contributed by atoms with Crippen LogP contribution in [-0.2, 0) is 6.54 Å². The lowest BCUT2D eigenvalue weighted by Gasteiger charge is -2.23. The predicted octanol–water partition coefficient (Wildman–Crippen LogP) is 3.11. The van der Waals surface area contributed by atoms with Crippen LogP contribution in [-0.4, -0.2) is 46.9 Å². The number of carbonyl (C=O) groups excluding carboxylic acids is 1. The number of nitrogens with one attached hydrogen (secondary N) is 1. The molecule has 0 saturated carbocycles. The van der Waals surface area contributed by atoms with Crippen LogP contribution in [0.1, 0.15) is 33.2 Å². The van der Waals surface area contributed by atoms with Crippen molar-refractivity contribution in [2.24, 2.45) is 0 Å². The Balaban J connectivity index is 1.98. The summed E-state index contributed by atoms with van der Waals surface area (Å²) in [7, 11) is 5.88. The minimum Gasteiger partial charge on any atom is -0.508 e. The number of benzene rings is 2. The van der Waals surface area contributed by atoms with E-state index in [0.717, 1.165) is 34.3 Å². The summed E-state index contributed by atoms with van der Waals surface area (Å²) in [5, 5.41) is 11.1. The molecule has 0 saturated heterocycles. The van der Waals surface area contributed by atoms with E-state index in [1.54, 1.807) is 23.1 Å². The first-order valence-corrected chi connectivity index (χ1v) is 8.31. The number of phenols is 1. The number of rotatable bonds is 3. The zero-order valence-corrected chi connectivity index (χ0v) is 14.6. The fourth-order valence-corrected chi connectivity index (χ4v) is 3.81. The van der Waals surface area contributed by atoms with Gasteiger partial charge in [-0.1, -0.05) is 18.2 Å². The highest BCUT2D eigenvalue weighted by Gasteiger charge is 2.38. The lowest BCUT2D eigenvalue weighted by Crippen LogP contribution is -2.25. The third kappa shape index (κ3) is 2.39. The van der Waals surface area contributed by atoms with Crippen LogP contribution in [0.3, 0.4) is 0 Å². The van der Waals surface area contributed by atoms with E-state index < -0.39 is 0 Å². The molecule has 1 aliphatic heterocycles. The Kier molecular flexibility index (Phi) is 3.54. The van der Waals surface area contributed by atoms with Gasteiger partial charge in [0, 0.05) is 41.3 Å². The number of H-pyrrole nitrogens is 1. The Morgan fingerprint density at radius 2 is 1.96 bits per heavy atom. The highest BCUT2D eigenvalue weighted by atomic mass is 16.3. The summed E-state index contributed by atoms with van der Waals surface area (Å²) >= 11 is 0. The zero-order valence-electron chi connectivity index (χ0n) is 14.6. The molecule has 5 heteroatoms. The monoisotopic (exact) mass is 335 g/mol. The quantitative estimate of drug-likeness (QED) is 0.773. The van der Waals surface area contributed by atoms with Crippen LogP contribution in [0.25, 0.3) is 10.9 Å². The maximum Gasteiger partial charge on any atom is 0.254 e. The Bertz CT molecular complexity index is 974. The maximum atomic E-state index is 12.7. The fraction of sp³-hybridized carbons (Fsp3) is 0.250. The van der Waals surface area contributed by atoms with E-state index in [1.807, 2.05) is 33.3 Å². The molecule has 0 bridgehead atoms. The van der Waals surface area contributed by atoms with Crippen LogP contribution >= 0.6 is 0 Å². The zero-order chi connectivity index (χ0) is 17.7. The SMILES string of the molecule is CN(C)Cc1[nH]c2ccccc2c1[C@H]1c2cc(O)ccc2C(=O)N1C. The Morgan fingerprint density at radius 1 is 1.20 bits per heavy atom. The lowest BCUT2D eigenvalue weighted by atomic mass is 9.95. The topological polar surface area (TPSA) is 59.6 Å². The Hall–Kier alpha value is -2.79. The minimum atomic E-state index is -0.208. The van der Waals surface area contributed by atoms with E-state index >= 15 is 0 Å². The highest BCUT2D eigenvalue weighted by molar-refractivity contribution is 6.01. The van der Waals surface area contributed by atoms with Crippen molar-refractivity contribution >= 4 is 16.8 Å². The van der Waals surface area contributed by atoms with Crippen LogP contribution < -0.4 is 0 Å². The largest absolute Gasteiger partial charge is 0.508 e. The van der Waals surface area contributed by atoms with Crippen LogP contribution in [0, 0.1) is 0 Å². The number of aromatic nitrogens is 1. The van der Waals surface area contributed by atoms with Gasteiger partial charge in [0.2, 0.25) is 0 Å². The molecule has 2 N–H and O–H groups in total. The van der Waals surface area contributed by atoms with Crippen molar-refractivity contribution in [3.05, 3.63) is 64.8 Å². The van der Waals surface area contributed by atoms with Crippen molar-refractivity contribution in [2.75, 3.05) is 21.1 Å². The second-order valence-electron chi connectivity index (χ2n) is 6.89. The Morgan fingerprint density at radius 3 is 2.72 bits per heavy atom. The summed E-state index contributed by atoms with van der Waals surface area (Å²) in [6.07, 6.45) is 0. The first kappa shape index (κ1) is 15.7. The minimum absolute atomic E-state index is 0.0129.